The molecule has 2 heterocycles. The second kappa shape index (κ2) is 9.05. The molecule has 7 heteroatoms. The smallest absolute Gasteiger partial charge is 0.275 e. The topological polar surface area (TPSA) is 81.4 Å². The molecule has 1 N–H and O–H groups in total. The monoisotopic (exact) mass is 392 g/mol. The van der Waals surface area contributed by atoms with Crippen LogP contribution in [-0.4, -0.2) is 27.7 Å². The number of ether oxygens (including phenoxy) is 1. The number of pyridine rings is 1. The lowest BCUT2D eigenvalue weighted by Crippen LogP contribution is -2.26. The van der Waals surface area contributed by atoms with Gasteiger partial charge < -0.3 is 9.30 Å². The largest absolute Gasteiger partial charge is 0.494 e. The lowest BCUT2D eigenvalue weighted by atomic mass is 10.1. The number of allylic oxidation sites excluding steroid dienone is 3. The third-order valence-electron chi connectivity index (χ3n) is 4.63. The van der Waals surface area contributed by atoms with Gasteiger partial charge in [-0.3, -0.25) is 24.4 Å². The van der Waals surface area contributed by atoms with E-state index < -0.39 is 0 Å². The molecule has 3 aromatic rings. The van der Waals surface area contributed by atoms with Crippen LogP contribution in [0.2, 0.25) is 0 Å². The van der Waals surface area contributed by atoms with E-state index in [4.69, 9.17) is 4.74 Å². The predicted octanol–water partition coefficient (Wildman–Crippen LogP) is 2.81. The fourth-order valence-corrected chi connectivity index (χ4v) is 3.26. The van der Waals surface area contributed by atoms with Crippen LogP contribution in [0.3, 0.4) is 0 Å². The highest BCUT2D eigenvalue weighted by atomic mass is 16.5. The van der Waals surface area contributed by atoms with Crippen LogP contribution in [-0.2, 0) is 20.0 Å². The Balaban J connectivity index is 1.95. The van der Waals surface area contributed by atoms with Gasteiger partial charge in [0.2, 0.25) is 0 Å². The minimum absolute atomic E-state index is 0.173. The first-order chi connectivity index (χ1) is 14.0. The van der Waals surface area contributed by atoms with Crippen molar-refractivity contribution in [3.63, 3.8) is 0 Å². The van der Waals surface area contributed by atoms with Gasteiger partial charge in [-0.25, -0.2) is 0 Å². The van der Waals surface area contributed by atoms with Gasteiger partial charge in [-0.05, 0) is 37.8 Å². The molecular formula is C22H24N4O3. The van der Waals surface area contributed by atoms with Gasteiger partial charge in [0.15, 0.2) is 0 Å². The molecule has 3 rings (SSSR count). The van der Waals surface area contributed by atoms with Gasteiger partial charge >= 0.3 is 0 Å². The Labute approximate surface area is 168 Å². The first kappa shape index (κ1) is 20.1. The molecule has 2 aromatic heterocycles. The molecule has 7 nitrogen and oxygen atoms in total. The Bertz CT molecular complexity index is 1170. The summed E-state index contributed by atoms with van der Waals surface area (Å²) in [5.74, 6) is 0.785. The van der Waals surface area contributed by atoms with Gasteiger partial charge in [-0.1, -0.05) is 30.9 Å². The van der Waals surface area contributed by atoms with Crippen molar-refractivity contribution in [2.75, 3.05) is 6.61 Å². The van der Waals surface area contributed by atoms with E-state index in [0.29, 0.717) is 41.7 Å². The van der Waals surface area contributed by atoms with Crippen molar-refractivity contribution in [2.45, 2.75) is 19.4 Å². The summed E-state index contributed by atoms with van der Waals surface area (Å²) < 4.78 is 8.71. The summed E-state index contributed by atoms with van der Waals surface area (Å²) in [5, 5.41) is 3.45. The Morgan fingerprint density at radius 1 is 1.28 bits per heavy atom. The van der Waals surface area contributed by atoms with E-state index in [1.165, 1.54) is 10.7 Å². The van der Waals surface area contributed by atoms with E-state index >= 15 is 0 Å². The van der Waals surface area contributed by atoms with Crippen LogP contribution in [0.25, 0.3) is 10.9 Å². The maximum absolute atomic E-state index is 12.8. The molecule has 1 aromatic carbocycles. The normalized spacial score (nSPS) is 11.6. The summed E-state index contributed by atoms with van der Waals surface area (Å²) in [6.45, 7) is 7.90. The lowest BCUT2D eigenvalue weighted by Gasteiger charge is -2.14. The summed E-state index contributed by atoms with van der Waals surface area (Å²) in [7, 11) is 1.63. The molecule has 0 radical (unpaired) electrons. The van der Waals surface area contributed by atoms with E-state index in [1.54, 1.807) is 23.8 Å². The van der Waals surface area contributed by atoms with Crippen LogP contribution in [0.4, 0.5) is 0 Å². The highest BCUT2D eigenvalue weighted by Gasteiger charge is 2.16. The van der Waals surface area contributed by atoms with Crippen molar-refractivity contribution in [3.05, 3.63) is 87.2 Å². The van der Waals surface area contributed by atoms with E-state index in [1.807, 2.05) is 30.3 Å². The first-order valence-electron chi connectivity index (χ1n) is 9.32. The molecule has 0 amide bonds. The second-order valence-electron chi connectivity index (χ2n) is 6.60. The van der Waals surface area contributed by atoms with Crippen LogP contribution < -0.4 is 15.9 Å². The molecular weight excluding hydrogens is 368 g/mol. The number of aryl methyl sites for hydroxylation is 2. The number of aromatic nitrogens is 3. The van der Waals surface area contributed by atoms with E-state index in [0.717, 1.165) is 5.75 Å². The van der Waals surface area contributed by atoms with E-state index in [9.17, 15) is 9.59 Å². The molecule has 0 atom stereocenters. The fraction of sp³-hybridized carbons (Fsp3) is 0.227. The maximum Gasteiger partial charge on any atom is 0.275 e. The summed E-state index contributed by atoms with van der Waals surface area (Å²) in [5.41, 5.74) is 1.39. The highest BCUT2D eigenvalue weighted by Crippen LogP contribution is 2.16. The first-order valence-corrected chi connectivity index (χ1v) is 9.32. The zero-order valence-corrected chi connectivity index (χ0v) is 16.4. The third kappa shape index (κ3) is 4.45. The number of hydrogen-bond acceptors (Lipinski definition) is 4. The number of hydrogen-bond donors (Lipinski definition) is 1. The SMILES string of the molecule is C=C/C=C(/Cn1c(CCCOc2ccccc2)c2c(=O)n(C)[nH]c2cc1=O)N=C. The molecule has 0 spiro atoms. The number of aliphatic imine (C=N–C) groups is 1. The van der Waals surface area contributed by atoms with Gasteiger partial charge in [-0.2, -0.15) is 0 Å². The fourth-order valence-electron chi connectivity index (χ4n) is 3.26. The lowest BCUT2D eigenvalue weighted by molar-refractivity contribution is 0.310. The maximum atomic E-state index is 12.8. The number of aromatic amines is 1. The number of benzene rings is 1. The van der Waals surface area contributed by atoms with Crippen molar-refractivity contribution in [3.8, 4) is 5.75 Å². The van der Waals surface area contributed by atoms with Gasteiger partial charge in [0, 0.05) is 18.8 Å². The molecule has 0 aliphatic rings. The number of H-pyrrole nitrogens is 1. The molecule has 0 aliphatic heterocycles. The van der Waals surface area contributed by atoms with Crippen LogP contribution >= 0.6 is 0 Å². The molecule has 0 aliphatic carbocycles. The average Bonchev–Trinajstić information content (AvgIpc) is 3.00. The van der Waals surface area contributed by atoms with Crippen molar-refractivity contribution in [2.24, 2.45) is 12.0 Å². The van der Waals surface area contributed by atoms with Crippen LogP contribution in [0.1, 0.15) is 12.1 Å². The minimum Gasteiger partial charge on any atom is -0.494 e. The van der Waals surface area contributed by atoms with Gasteiger partial charge in [0.05, 0.1) is 29.8 Å². The second-order valence-corrected chi connectivity index (χ2v) is 6.60. The standard InChI is InChI=1S/C22H24N4O3/c1-4-9-16(23-2)15-26-19(12-8-13-29-17-10-6-5-7-11-17)21-18(14-20(26)27)24-25(3)22(21)28/h4-7,9-11,14,24H,1-2,8,12-13,15H2,3H3/b16-9-. The van der Waals surface area contributed by atoms with Gasteiger partial charge in [0.25, 0.3) is 11.1 Å². The molecule has 0 saturated carbocycles. The van der Waals surface area contributed by atoms with E-state index in [2.05, 4.69) is 23.4 Å². The molecule has 0 saturated heterocycles. The number of para-hydroxylation sites is 1. The zero-order chi connectivity index (χ0) is 20.8. The average molecular weight is 392 g/mol. The number of nitrogens with zero attached hydrogens (tertiary/aromatic N) is 3. The van der Waals surface area contributed by atoms with Crippen LogP contribution in [0.5, 0.6) is 5.75 Å². The molecule has 0 bridgehead atoms. The number of nitrogens with one attached hydrogen (secondary N) is 1. The third-order valence-corrected chi connectivity index (χ3v) is 4.63. The molecule has 0 unspecified atom stereocenters. The molecule has 0 fully saturated rings. The Hall–Kier alpha value is -3.61. The summed E-state index contributed by atoms with van der Waals surface area (Å²) >= 11 is 0. The summed E-state index contributed by atoms with van der Waals surface area (Å²) in [6.07, 6.45) is 4.44. The van der Waals surface area contributed by atoms with Crippen molar-refractivity contribution in [1.29, 1.82) is 0 Å². The van der Waals surface area contributed by atoms with Crippen LogP contribution in [0.15, 0.2) is 75.4 Å². The molecule has 29 heavy (non-hydrogen) atoms. The summed E-state index contributed by atoms with van der Waals surface area (Å²) in [4.78, 5) is 29.4. The van der Waals surface area contributed by atoms with Crippen molar-refractivity contribution in [1.82, 2.24) is 14.3 Å². The zero-order valence-electron chi connectivity index (χ0n) is 16.4. The Morgan fingerprint density at radius 3 is 2.72 bits per heavy atom. The van der Waals surface area contributed by atoms with Crippen LogP contribution in [0, 0.1) is 0 Å². The van der Waals surface area contributed by atoms with E-state index in [-0.39, 0.29) is 17.7 Å². The molecule has 150 valence electrons. The number of rotatable bonds is 9. The predicted molar refractivity (Wildman–Crippen MR) is 116 cm³/mol. The minimum atomic E-state index is -0.211. The van der Waals surface area contributed by atoms with Gasteiger partial charge in [-0.15, -0.1) is 0 Å². The number of fused-ring (bicyclic) bond motifs is 1. The Morgan fingerprint density at radius 2 is 2.03 bits per heavy atom. The van der Waals surface area contributed by atoms with Gasteiger partial charge in [0.1, 0.15) is 5.75 Å². The van der Waals surface area contributed by atoms with Crippen molar-refractivity contribution < 1.29 is 4.74 Å². The van der Waals surface area contributed by atoms with Crippen molar-refractivity contribution >= 4 is 17.6 Å². The quantitative estimate of drug-likeness (QED) is 0.345. The summed E-state index contributed by atoms with van der Waals surface area (Å²) in [6, 6.07) is 11.0. The highest BCUT2D eigenvalue weighted by molar-refractivity contribution is 5.80. The Kier molecular flexibility index (Phi) is 6.29.